The highest BCUT2D eigenvalue weighted by molar-refractivity contribution is 7.99. The molecule has 2 rings (SSSR count). The summed E-state index contributed by atoms with van der Waals surface area (Å²) >= 11 is 1.97. The van der Waals surface area contributed by atoms with E-state index < -0.39 is 0 Å². The maximum Gasteiger partial charge on any atom is 0.0225 e. The van der Waals surface area contributed by atoms with Crippen LogP contribution in [0.5, 0.6) is 0 Å². The van der Waals surface area contributed by atoms with Gasteiger partial charge in [-0.15, -0.1) is 0 Å². The lowest BCUT2D eigenvalue weighted by Crippen LogP contribution is -2.48. The van der Waals surface area contributed by atoms with Crippen LogP contribution in [0.2, 0.25) is 0 Å². The molecule has 3 atom stereocenters. The molecule has 1 heterocycles. The molecular weight excluding hydrogens is 240 g/mol. The van der Waals surface area contributed by atoms with Crippen molar-refractivity contribution in [1.82, 2.24) is 10.6 Å². The molecule has 1 aliphatic heterocycles. The van der Waals surface area contributed by atoms with Gasteiger partial charge >= 0.3 is 0 Å². The van der Waals surface area contributed by atoms with Crippen molar-refractivity contribution in [3.05, 3.63) is 0 Å². The number of hydrogen-bond donors (Lipinski definition) is 2. The van der Waals surface area contributed by atoms with Gasteiger partial charge in [0.1, 0.15) is 0 Å². The summed E-state index contributed by atoms with van der Waals surface area (Å²) in [6.45, 7) is 7.06. The summed E-state index contributed by atoms with van der Waals surface area (Å²) in [5.41, 5.74) is 0. The first-order valence-electron chi connectivity index (χ1n) is 7.64. The lowest BCUT2D eigenvalue weighted by molar-refractivity contribution is 0.255. The molecule has 0 bridgehead atoms. The molecule has 2 nitrogen and oxygen atoms in total. The highest BCUT2D eigenvalue weighted by atomic mass is 32.2. The van der Waals surface area contributed by atoms with E-state index in [9.17, 15) is 0 Å². The quantitative estimate of drug-likeness (QED) is 0.803. The Morgan fingerprint density at radius 3 is 2.67 bits per heavy atom. The van der Waals surface area contributed by atoms with Crippen molar-refractivity contribution in [2.24, 2.45) is 5.92 Å². The van der Waals surface area contributed by atoms with E-state index in [0.717, 1.165) is 24.5 Å². The van der Waals surface area contributed by atoms with E-state index in [0.29, 0.717) is 4.75 Å². The zero-order valence-electron chi connectivity index (χ0n) is 12.3. The minimum absolute atomic E-state index is 0.368. The summed E-state index contributed by atoms with van der Waals surface area (Å²) in [7, 11) is 0. The van der Waals surface area contributed by atoms with Crippen LogP contribution in [0.15, 0.2) is 0 Å². The maximum absolute atomic E-state index is 3.86. The summed E-state index contributed by atoms with van der Waals surface area (Å²) in [4.78, 5) is 0. The van der Waals surface area contributed by atoms with Gasteiger partial charge in [-0.05, 0) is 58.2 Å². The Morgan fingerprint density at radius 1 is 1.17 bits per heavy atom. The third-order valence-corrected chi connectivity index (χ3v) is 6.03. The fourth-order valence-electron chi connectivity index (χ4n) is 3.42. The van der Waals surface area contributed by atoms with Gasteiger partial charge in [0.05, 0.1) is 0 Å². The number of piperidine rings is 1. The van der Waals surface area contributed by atoms with Crippen molar-refractivity contribution in [2.75, 3.05) is 19.3 Å². The Labute approximate surface area is 117 Å². The minimum Gasteiger partial charge on any atom is -0.314 e. The normalized spacial score (nSPS) is 33.8. The van der Waals surface area contributed by atoms with Gasteiger partial charge in [0.15, 0.2) is 0 Å². The SMILES string of the molecule is CSC(C)(C)CNC1CCCC1C1CCCCN1. The van der Waals surface area contributed by atoms with Gasteiger partial charge in [-0.3, -0.25) is 0 Å². The first kappa shape index (κ1) is 14.7. The van der Waals surface area contributed by atoms with Gasteiger partial charge in [0.2, 0.25) is 0 Å². The number of rotatable bonds is 5. The standard InChI is InChI=1S/C15H30N2S/c1-15(2,18-3)11-17-14-9-6-7-12(14)13-8-4-5-10-16-13/h12-14,16-17H,4-11H2,1-3H3. The molecule has 3 heteroatoms. The van der Waals surface area contributed by atoms with Crippen molar-refractivity contribution in [1.29, 1.82) is 0 Å². The molecule has 2 N–H and O–H groups in total. The van der Waals surface area contributed by atoms with Crippen LogP contribution < -0.4 is 10.6 Å². The van der Waals surface area contributed by atoms with E-state index in [1.54, 1.807) is 0 Å². The predicted octanol–water partition coefficient (Wildman–Crippen LogP) is 3.03. The summed E-state index contributed by atoms with van der Waals surface area (Å²) in [5, 5.41) is 7.62. The first-order valence-corrected chi connectivity index (χ1v) is 8.87. The highest BCUT2D eigenvalue weighted by Crippen LogP contribution is 2.32. The van der Waals surface area contributed by atoms with Crippen LogP contribution in [0.1, 0.15) is 52.4 Å². The average Bonchev–Trinajstić information content (AvgIpc) is 2.86. The van der Waals surface area contributed by atoms with Crippen molar-refractivity contribution in [3.8, 4) is 0 Å². The maximum atomic E-state index is 3.86. The molecule has 0 aromatic rings. The summed E-state index contributed by atoms with van der Waals surface area (Å²) < 4.78 is 0.368. The molecule has 2 aliphatic rings. The zero-order chi connectivity index (χ0) is 13.0. The van der Waals surface area contributed by atoms with Crippen LogP contribution in [0.3, 0.4) is 0 Å². The van der Waals surface area contributed by atoms with E-state index in [2.05, 4.69) is 30.7 Å². The van der Waals surface area contributed by atoms with E-state index in [-0.39, 0.29) is 0 Å². The van der Waals surface area contributed by atoms with E-state index in [1.807, 2.05) is 11.8 Å². The molecule has 0 spiro atoms. The number of thioether (sulfide) groups is 1. The zero-order valence-corrected chi connectivity index (χ0v) is 13.1. The molecule has 1 aliphatic carbocycles. The van der Waals surface area contributed by atoms with Crippen LogP contribution in [0, 0.1) is 5.92 Å². The van der Waals surface area contributed by atoms with Gasteiger partial charge in [0, 0.05) is 23.4 Å². The fourth-order valence-corrected chi connectivity index (χ4v) is 3.64. The molecule has 0 radical (unpaired) electrons. The van der Waals surface area contributed by atoms with Crippen molar-refractivity contribution >= 4 is 11.8 Å². The molecule has 2 fully saturated rings. The largest absolute Gasteiger partial charge is 0.314 e. The van der Waals surface area contributed by atoms with E-state index in [4.69, 9.17) is 0 Å². The van der Waals surface area contributed by atoms with Crippen LogP contribution in [0.4, 0.5) is 0 Å². The molecule has 0 aromatic carbocycles. The highest BCUT2D eigenvalue weighted by Gasteiger charge is 2.34. The Kier molecular flexibility index (Phi) is 5.40. The average molecular weight is 270 g/mol. The van der Waals surface area contributed by atoms with Gasteiger partial charge in [0.25, 0.3) is 0 Å². The Balaban J connectivity index is 1.83. The number of hydrogen-bond acceptors (Lipinski definition) is 3. The second-order valence-corrected chi connectivity index (χ2v) is 8.12. The minimum atomic E-state index is 0.368. The fraction of sp³-hybridized carbons (Fsp3) is 1.00. The molecule has 0 aromatic heterocycles. The first-order chi connectivity index (χ1) is 8.62. The van der Waals surface area contributed by atoms with Crippen LogP contribution in [0.25, 0.3) is 0 Å². The van der Waals surface area contributed by atoms with E-state index >= 15 is 0 Å². The Bertz CT molecular complexity index is 249. The van der Waals surface area contributed by atoms with E-state index in [1.165, 1.54) is 45.1 Å². The van der Waals surface area contributed by atoms with Crippen molar-refractivity contribution in [2.45, 2.75) is 69.2 Å². The molecule has 0 amide bonds. The van der Waals surface area contributed by atoms with Crippen LogP contribution in [-0.2, 0) is 0 Å². The molecule has 18 heavy (non-hydrogen) atoms. The summed E-state index contributed by atoms with van der Waals surface area (Å²) in [6, 6.07) is 1.54. The lowest BCUT2D eigenvalue weighted by Gasteiger charge is -2.34. The van der Waals surface area contributed by atoms with Gasteiger partial charge < -0.3 is 10.6 Å². The van der Waals surface area contributed by atoms with Crippen LogP contribution in [-0.4, -0.2) is 36.2 Å². The Hall–Kier alpha value is 0.270. The van der Waals surface area contributed by atoms with Crippen molar-refractivity contribution in [3.63, 3.8) is 0 Å². The molecular formula is C15H30N2S. The lowest BCUT2D eigenvalue weighted by atomic mass is 9.88. The Morgan fingerprint density at radius 2 is 2.00 bits per heavy atom. The predicted molar refractivity (Wildman–Crippen MR) is 82.4 cm³/mol. The topological polar surface area (TPSA) is 24.1 Å². The molecule has 3 unspecified atom stereocenters. The van der Waals surface area contributed by atoms with Gasteiger partial charge in [-0.25, -0.2) is 0 Å². The van der Waals surface area contributed by atoms with Crippen LogP contribution >= 0.6 is 11.8 Å². The molecule has 1 saturated carbocycles. The van der Waals surface area contributed by atoms with Gasteiger partial charge in [-0.1, -0.05) is 12.8 Å². The smallest absolute Gasteiger partial charge is 0.0225 e. The monoisotopic (exact) mass is 270 g/mol. The van der Waals surface area contributed by atoms with Gasteiger partial charge in [-0.2, -0.15) is 11.8 Å². The second-order valence-electron chi connectivity index (χ2n) is 6.60. The number of nitrogens with one attached hydrogen (secondary N) is 2. The third-order valence-electron chi connectivity index (χ3n) is 4.78. The second kappa shape index (κ2) is 6.62. The molecule has 1 saturated heterocycles. The molecule has 106 valence electrons. The summed E-state index contributed by atoms with van der Waals surface area (Å²) in [5.74, 6) is 0.878. The third kappa shape index (κ3) is 3.88. The van der Waals surface area contributed by atoms with Crippen molar-refractivity contribution < 1.29 is 0 Å². The summed E-state index contributed by atoms with van der Waals surface area (Å²) in [6.07, 6.45) is 10.6.